The number of ether oxygens (including phenoxy) is 4. The van der Waals surface area contributed by atoms with Crippen LogP contribution in [-0.4, -0.2) is 25.5 Å². The maximum atomic E-state index is 12.4. The second-order valence-electron chi connectivity index (χ2n) is 8.89. The average Bonchev–Trinajstić information content (AvgIpc) is 2.86. The Balaban J connectivity index is 2.09. The second kappa shape index (κ2) is 15.5. The first kappa shape index (κ1) is 28.8. The number of rotatable bonds is 14. The third kappa shape index (κ3) is 9.25. The number of halogens is 1. The fourth-order valence-electron chi connectivity index (χ4n) is 3.87. The normalized spacial score (nSPS) is 12.7. The minimum absolute atomic E-state index is 0.135. The summed E-state index contributed by atoms with van der Waals surface area (Å²) in [6, 6.07) is 8.55. The van der Waals surface area contributed by atoms with Crippen molar-refractivity contribution in [2.75, 3.05) is 13.2 Å². The van der Waals surface area contributed by atoms with Crippen LogP contribution in [0.25, 0.3) is 10.8 Å². The van der Waals surface area contributed by atoms with Crippen LogP contribution in [0.4, 0.5) is 9.59 Å². The zero-order chi connectivity index (χ0) is 25.6. The topological polar surface area (TPSA) is 71.1 Å². The van der Waals surface area contributed by atoms with Crippen molar-refractivity contribution >= 4 is 34.7 Å². The summed E-state index contributed by atoms with van der Waals surface area (Å²) >= 11 is 6.44. The molecule has 0 fully saturated rings. The van der Waals surface area contributed by atoms with Gasteiger partial charge in [-0.05, 0) is 24.7 Å². The molecule has 6 nitrogen and oxygen atoms in total. The Kier molecular flexibility index (Phi) is 12.7. The summed E-state index contributed by atoms with van der Waals surface area (Å²) in [6.45, 7) is 9.05. The first-order valence-electron chi connectivity index (χ1n) is 12.8. The van der Waals surface area contributed by atoms with E-state index < -0.39 is 12.3 Å². The van der Waals surface area contributed by atoms with E-state index >= 15 is 0 Å². The van der Waals surface area contributed by atoms with Crippen LogP contribution in [0.15, 0.2) is 30.3 Å². The summed E-state index contributed by atoms with van der Waals surface area (Å²) in [6.07, 6.45) is 6.67. The number of unbranched alkanes of at least 4 members (excludes halogenated alkanes) is 2. The molecule has 0 radical (unpaired) electrons. The van der Waals surface area contributed by atoms with Crippen molar-refractivity contribution in [1.82, 2.24) is 0 Å². The lowest BCUT2D eigenvalue weighted by Crippen LogP contribution is -2.18. The third-order valence-corrected chi connectivity index (χ3v) is 6.53. The number of benzene rings is 2. The molecule has 2 atom stereocenters. The molecule has 2 unspecified atom stereocenters. The molecule has 35 heavy (non-hydrogen) atoms. The van der Waals surface area contributed by atoms with Crippen LogP contribution < -0.4 is 9.47 Å². The molecule has 0 saturated heterocycles. The minimum atomic E-state index is -0.808. The first-order valence-corrected chi connectivity index (χ1v) is 13.2. The van der Waals surface area contributed by atoms with Gasteiger partial charge < -0.3 is 18.9 Å². The van der Waals surface area contributed by atoms with Crippen LogP contribution in [0.2, 0.25) is 5.02 Å². The van der Waals surface area contributed by atoms with Crippen LogP contribution in [0.3, 0.4) is 0 Å². The Bertz CT molecular complexity index is 944. The average molecular weight is 507 g/mol. The second-order valence-corrected chi connectivity index (χ2v) is 9.30. The standard InChI is InChI=1S/C28H39ClO6/c1-5-9-13-20(7-3)18-32-27(30)34-25-17-24(29)26(23-16-12-11-15-22(23)25)35-28(31)33-19-21(8-4)14-10-6-2/h11-12,15-17,20-21H,5-10,13-14,18-19H2,1-4H3. The lowest BCUT2D eigenvalue weighted by Gasteiger charge is -2.17. The number of carbonyl (C=O) groups is 2. The maximum Gasteiger partial charge on any atom is 0.513 e. The quantitative estimate of drug-likeness (QED) is 0.188. The third-order valence-electron chi connectivity index (χ3n) is 6.25. The molecule has 2 aromatic carbocycles. The molecule has 0 saturated carbocycles. The van der Waals surface area contributed by atoms with Gasteiger partial charge in [-0.1, -0.05) is 102 Å². The number of carbonyl (C=O) groups excluding carboxylic acids is 2. The van der Waals surface area contributed by atoms with Gasteiger partial charge in [-0.3, -0.25) is 0 Å². The summed E-state index contributed by atoms with van der Waals surface area (Å²) in [5.41, 5.74) is 0. The van der Waals surface area contributed by atoms with E-state index in [0.717, 1.165) is 51.4 Å². The van der Waals surface area contributed by atoms with E-state index in [9.17, 15) is 9.59 Å². The van der Waals surface area contributed by atoms with Gasteiger partial charge in [0.2, 0.25) is 0 Å². The Labute approximate surface area is 214 Å². The van der Waals surface area contributed by atoms with Crippen molar-refractivity contribution in [2.24, 2.45) is 11.8 Å². The fraction of sp³-hybridized carbons (Fsp3) is 0.571. The molecule has 0 aromatic heterocycles. The maximum absolute atomic E-state index is 12.4. The van der Waals surface area contributed by atoms with E-state index in [0.29, 0.717) is 35.8 Å². The summed E-state index contributed by atoms with van der Waals surface area (Å²) in [5, 5.41) is 1.24. The van der Waals surface area contributed by atoms with Crippen molar-refractivity contribution in [3.63, 3.8) is 0 Å². The molecule has 0 heterocycles. The molecule has 0 aliphatic heterocycles. The van der Waals surface area contributed by atoms with Crippen molar-refractivity contribution < 1.29 is 28.5 Å². The Morgan fingerprint density at radius 1 is 0.800 bits per heavy atom. The zero-order valence-corrected chi connectivity index (χ0v) is 22.2. The predicted molar refractivity (Wildman–Crippen MR) is 140 cm³/mol. The van der Waals surface area contributed by atoms with Crippen LogP contribution in [0.5, 0.6) is 11.5 Å². The first-order chi connectivity index (χ1) is 16.9. The van der Waals surface area contributed by atoms with E-state index in [1.54, 1.807) is 24.3 Å². The SMILES string of the molecule is CCCCC(CC)COC(=O)Oc1cc(Cl)c(OC(=O)OCC(CC)CCCC)c2ccccc12. The molecule has 0 N–H and O–H groups in total. The number of hydrogen-bond donors (Lipinski definition) is 0. The van der Waals surface area contributed by atoms with Gasteiger partial charge in [0.1, 0.15) is 5.75 Å². The lowest BCUT2D eigenvalue weighted by molar-refractivity contribution is 0.0799. The lowest BCUT2D eigenvalue weighted by atomic mass is 10.0. The zero-order valence-electron chi connectivity index (χ0n) is 21.4. The van der Waals surface area contributed by atoms with Gasteiger partial charge in [-0.15, -0.1) is 0 Å². The highest BCUT2D eigenvalue weighted by molar-refractivity contribution is 6.33. The predicted octanol–water partition coefficient (Wildman–Crippen LogP) is 8.96. The van der Waals surface area contributed by atoms with Gasteiger partial charge in [-0.2, -0.15) is 0 Å². The van der Waals surface area contributed by atoms with E-state index in [1.165, 1.54) is 6.07 Å². The van der Waals surface area contributed by atoms with Gasteiger partial charge in [0, 0.05) is 16.8 Å². The van der Waals surface area contributed by atoms with Gasteiger partial charge >= 0.3 is 12.3 Å². The molecule has 0 amide bonds. The summed E-state index contributed by atoms with van der Waals surface area (Å²) in [5.74, 6) is 1.01. The Morgan fingerprint density at radius 2 is 1.31 bits per heavy atom. The summed E-state index contributed by atoms with van der Waals surface area (Å²) in [4.78, 5) is 24.8. The highest BCUT2D eigenvalue weighted by atomic mass is 35.5. The molecular weight excluding hydrogens is 468 g/mol. The van der Waals surface area contributed by atoms with Crippen molar-refractivity contribution in [2.45, 2.75) is 79.1 Å². The summed E-state index contributed by atoms with van der Waals surface area (Å²) < 4.78 is 21.7. The van der Waals surface area contributed by atoms with Crippen LogP contribution in [-0.2, 0) is 9.47 Å². The molecule has 2 rings (SSSR count). The molecule has 0 spiro atoms. The van der Waals surface area contributed by atoms with Crippen molar-refractivity contribution in [3.05, 3.63) is 35.4 Å². The van der Waals surface area contributed by atoms with Gasteiger partial charge in [-0.25, -0.2) is 9.59 Å². The number of hydrogen-bond acceptors (Lipinski definition) is 6. The minimum Gasteiger partial charge on any atom is -0.434 e. The van der Waals surface area contributed by atoms with Crippen LogP contribution in [0, 0.1) is 11.8 Å². The molecule has 2 aromatic rings. The molecule has 0 bridgehead atoms. The highest BCUT2D eigenvalue weighted by Crippen LogP contribution is 2.40. The smallest absolute Gasteiger partial charge is 0.434 e. The molecular formula is C28H39ClO6. The van der Waals surface area contributed by atoms with Crippen molar-refractivity contribution in [3.8, 4) is 11.5 Å². The van der Waals surface area contributed by atoms with Gasteiger partial charge in [0.25, 0.3) is 0 Å². The Hall–Kier alpha value is -2.47. The number of fused-ring (bicyclic) bond motifs is 1. The van der Waals surface area contributed by atoms with E-state index in [4.69, 9.17) is 30.5 Å². The van der Waals surface area contributed by atoms with Crippen molar-refractivity contribution in [1.29, 1.82) is 0 Å². The van der Waals surface area contributed by atoms with Crippen LogP contribution >= 0.6 is 11.6 Å². The van der Waals surface area contributed by atoms with Gasteiger partial charge in [0.15, 0.2) is 5.75 Å². The highest BCUT2D eigenvalue weighted by Gasteiger charge is 2.20. The monoisotopic (exact) mass is 506 g/mol. The molecule has 0 aliphatic rings. The molecule has 194 valence electrons. The molecule has 7 heteroatoms. The van der Waals surface area contributed by atoms with E-state index in [1.807, 2.05) is 0 Å². The van der Waals surface area contributed by atoms with E-state index in [2.05, 4.69) is 27.7 Å². The van der Waals surface area contributed by atoms with E-state index in [-0.39, 0.29) is 16.5 Å². The molecule has 0 aliphatic carbocycles. The Morgan fingerprint density at radius 3 is 1.83 bits per heavy atom. The van der Waals surface area contributed by atoms with Gasteiger partial charge in [0.05, 0.1) is 18.2 Å². The summed E-state index contributed by atoms with van der Waals surface area (Å²) in [7, 11) is 0. The largest absolute Gasteiger partial charge is 0.513 e. The van der Waals surface area contributed by atoms with Crippen LogP contribution in [0.1, 0.15) is 79.1 Å². The fourth-order valence-corrected chi connectivity index (χ4v) is 4.11.